The number of benzene rings is 1. The molecular formula is C18H29NO2. The van der Waals surface area contributed by atoms with Crippen LogP contribution in [0.1, 0.15) is 50.0 Å². The van der Waals surface area contributed by atoms with Crippen molar-refractivity contribution in [3.05, 3.63) is 29.8 Å². The molecule has 0 aliphatic heterocycles. The van der Waals surface area contributed by atoms with Crippen LogP contribution in [0.25, 0.3) is 0 Å². The third-order valence-electron chi connectivity index (χ3n) is 4.75. The number of rotatable bonds is 6. The molecule has 0 spiro atoms. The van der Waals surface area contributed by atoms with Crippen molar-refractivity contribution in [1.29, 1.82) is 0 Å². The van der Waals surface area contributed by atoms with E-state index in [4.69, 9.17) is 4.74 Å². The van der Waals surface area contributed by atoms with E-state index in [1.165, 1.54) is 12.0 Å². The average Bonchev–Trinajstić information content (AvgIpc) is 2.48. The minimum Gasteiger partial charge on any atom is -0.497 e. The van der Waals surface area contributed by atoms with Crippen molar-refractivity contribution in [2.24, 2.45) is 0 Å². The van der Waals surface area contributed by atoms with E-state index in [1.54, 1.807) is 7.11 Å². The lowest BCUT2D eigenvalue weighted by molar-refractivity contribution is -0.0255. The first kappa shape index (κ1) is 16.3. The predicted octanol–water partition coefficient (Wildman–Crippen LogP) is 3.43. The molecule has 1 unspecified atom stereocenters. The van der Waals surface area contributed by atoms with Crippen LogP contribution in [-0.4, -0.2) is 43.4 Å². The van der Waals surface area contributed by atoms with Crippen LogP contribution >= 0.6 is 0 Å². The second-order valence-corrected chi connectivity index (χ2v) is 6.58. The highest BCUT2D eigenvalue weighted by molar-refractivity contribution is 5.31. The molecule has 1 aliphatic rings. The molecule has 0 radical (unpaired) electrons. The van der Waals surface area contributed by atoms with Gasteiger partial charge in [0.2, 0.25) is 0 Å². The third-order valence-corrected chi connectivity index (χ3v) is 4.75. The lowest BCUT2D eigenvalue weighted by atomic mass is 9.71. The third kappa shape index (κ3) is 4.21. The van der Waals surface area contributed by atoms with E-state index in [0.717, 1.165) is 44.4 Å². The Balaban J connectivity index is 2.21. The van der Waals surface area contributed by atoms with Gasteiger partial charge in [-0.05, 0) is 57.6 Å². The Bertz CT molecular complexity index is 421. The van der Waals surface area contributed by atoms with E-state index in [2.05, 4.69) is 31.1 Å². The van der Waals surface area contributed by atoms with E-state index < -0.39 is 5.60 Å². The minimum absolute atomic E-state index is 0.214. The molecule has 118 valence electrons. The predicted molar refractivity (Wildman–Crippen MR) is 86.9 cm³/mol. The van der Waals surface area contributed by atoms with Crippen LogP contribution in [-0.2, 0) is 0 Å². The Morgan fingerprint density at radius 1 is 1.14 bits per heavy atom. The summed E-state index contributed by atoms with van der Waals surface area (Å²) in [6.07, 6.45) is 6.39. The van der Waals surface area contributed by atoms with Crippen molar-refractivity contribution >= 4 is 0 Å². The normalized spacial score (nSPS) is 19.5. The van der Waals surface area contributed by atoms with Crippen molar-refractivity contribution in [3.8, 4) is 5.75 Å². The summed E-state index contributed by atoms with van der Waals surface area (Å²) in [5, 5.41) is 11.2. The highest BCUT2D eigenvalue weighted by atomic mass is 16.5. The van der Waals surface area contributed by atoms with Gasteiger partial charge in [-0.2, -0.15) is 0 Å². The molecule has 1 N–H and O–H groups in total. The molecule has 0 aromatic heterocycles. The Labute approximate surface area is 128 Å². The molecule has 0 heterocycles. The molecule has 0 saturated heterocycles. The highest BCUT2D eigenvalue weighted by Gasteiger charge is 2.38. The summed E-state index contributed by atoms with van der Waals surface area (Å²) in [6.45, 7) is 0.999. The zero-order valence-corrected chi connectivity index (χ0v) is 13.6. The summed E-state index contributed by atoms with van der Waals surface area (Å²) in [5.74, 6) is 1.09. The van der Waals surface area contributed by atoms with Crippen molar-refractivity contribution in [1.82, 2.24) is 4.90 Å². The molecule has 0 bridgehead atoms. The maximum absolute atomic E-state index is 11.2. The highest BCUT2D eigenvalue weighted by Crippen LogP contribution is 2.42. The maximum Gasteiger partial charge on any atom is 0.118 e. The van der Waals surface area contributed by atoms with Gasteiger partial charge in [0.05, 0.1) is 12.7 Å². The van der Waals surface area contributed by atoms with Crippen molar-refractivity contribution in [2.75, 3.05) is 27.7 Å². The van der Waals surface area contributed by atoms with E-state index in [1.807, 2.05) is 12.1 Å². The summed E-state index contributed by atoms with van der Waals surface area (Å²) in [6, 6.07) is 8.24. The molecular weight excluding hydrogens is 262 g/mol. The summed E-state index contributed by atoms with van der Waals surface area (Å²) in [5.41, 5.74) is 0.699. The van der Waals surface area contributed by atoms with Crippen LogP contribution in [0.2, 0.25) is 0 Å². The molecule has 1 aliphatic carbocycles. The first-order chi connectivity index (χ1) is 10.0. The molecule has 3 heteroatoms. The Morgan fingerprint density at radius 3 is 2.29 bits per heavy atom. The number of aliphatic hydroxyl groups is 1. The van der Waals surface area contributed by atoms with E-state index in [9.17, 15) is 5.11 Å². The fourth-order valence-corrected chi connectivity index (χ4v) is 3.48. The summed E-state index contributed by atoms with van der Waals surface area (Å²) in [4.78, 5) is 2.20. The molecule has 3 nitrogen and oxygen atoms in total. The largest absolute Gasteiger partial charge is 0.497 e. The van der Waals surface area contributed by atoms with Gasteiger partial charge >= 0.3 is 0 Å². The SMILES string of the molecule is COc1ccc(C(CCN(C)C)C2(O)CCCCC2)cc1. The maximum atomic E-state index is 11.2. The minimum atomic E-state index is -0.539. The van der Waals surface area contributed by atoms with Crippen molar-refractivity contribution in [3.63, 3.8) is 0 Å². The standard InChI is InChI=1S/C18H29NO2/c1-19(2)14-11-17(18(20)12-5-4-6-13-18)15-7-9-16(21-3)10-8-15/h7-10,17,20H,4-6,11-14H2,1-3H3. The number of hydrogen-bond acceptors (Lipinski definition) is 3. The van der Waals surface area contributed by atoms with Gasteiger partial charge < -0.3 is 14.7 Å². The van der Waals surface area contributed by atoms with Gasteiger partial charge in [0.1, 0.15) is 5.75 Å². The molecule has 1 fully saturated rings. The van der Waals surface area contributed by atoms with Crippen molar-refractivity contribution < 1.29 is 9.84 Å². The quantitative estimate of drug-likeness (QED) is 0.871. The smallest absolute Gasteiger partial charge is 0.118 e. The van der Waals surface area contributed by atoms with Gasteiger partial charge in [0.25, 0.3) is 0 Å². The summed E-state index contributed by atoms with van der Waals surface area (Å²) in [7, 11) is 5.87. The van der Waals surface area contributed by atoms with Gasteiger partial charge in [-0.1, -0.05) is 31.4 Å². The topological polar surface area (TPSA) is 32.7 Å². The number of nitrogens with zero attached hydrogens (tertiary/aromatic N) is 1. The van der Waals surface area contributed by atoms with Crippen LogP contribution in [0.5, 0.6) is 5.75 Å². The summed E-state index contributed by atoms with van der Waals surface area (Å²) < 4.78 is 5.25. The zero-order valence-electron chi connectivity index (χ0n) is 13.6. The fourth-order valence-electron chi connectivity index (χ4n) is 3.48. The Morgan fingerprint density at radius 2 is 1.76 bits per heavy atom. The van der Waals surface area contributed by atoms with Gasteiger partial charge in [-0.15, -0.1) is 0 Å². The Kier molecular flexibility index (Phi) is 5.65. The first-order valence-corrected chi connectivity index (χ1v) is 8.06. The number of methoxy groups -OCH3 is 1. The van der Waals surface area contributed by atoms with Gasteiger partial charge in [0.15, 0.2) is 0 Å². The molecule has 21 heavy (non-hydrogen) atoms. The van der Waals surface area contributed by atoms with Crippen LogP contribution in [0.15, 0.2) is 24.3 Å². The van der Waals surface area contributed by atoms with Crippen LogP contribution in [0, 0.1) is 0 Å². The van der Waals surface area contributed by atoms with Gasteiger partial charge in [-0.3, -0.25) is 0 Å². The monoisotopic (exact) mass is 291 g/mol. The zero-order chi connectivity index (χ0) is 15.3. The average molecular weight is 291 g/mol. The van der Waals surface area contributed by atoms with E-state index in [-0.39, 0.29) is 5.92 Å². The number of ether oxygens (including phenoxy) is 1. The van der Waals surface area contributed by atoms with Gasteiger partial charge in [0, 0.05) is 5.92 Å². The van der Waals surface area contributed by atoms with Crippen LogP contribution in [0.4, 0.5) is 0 Å². The van der Waals surface area contributed by atoms with Crippen molar-refractivity contribution in [2.45, 2.75) is 50.0 Å². The molecule has 0 amide bonds. The first-order valence-electron chi connectivity index (χ1n) is 8.06. The second-order valence-electron chi connectivity index (χ2n) is 6.58. The Hall–Kier alpha value is -1.06. The van der Waals surface area contributed by atoms with Gasteiger partial charge in [-0.25, -0.2) is 0 Å². The molecule has 2 rings (SSSR count). The lowest BCUT2D eigenvalue weighted by Gasteiger charge is -2.40. The second kappa shape index (κ2) is 7.28. The molecule has 1 aromatic carbocycles. The van der Waals surface area contributed by atoms with E-state index in [0.29, 0.717) is 0 Å². The van der Waals surface area contributed by atoms with E-state index >= 15 is 0 Å². The molecule has 1 aromatic rings. The summed E-state index contributed by atoms with van der Waals surface area (Å²) >= 11 is 0. The van der Waals surface area contributed by atoms with Crippen LogP contribution < -0.4 is 4.74 Å². The number of hydrogen-bond donors (Lipinski definition) is 1. The lowest BCUT2D eigenvalue weighted by Crippen LogP contribution is -2.39. The van der Waals surface area contributed by atoms with Crippen LogP contribution in [0.3, 0.4) is 0 Å². The molecule has 1 atom stereocenters. The molecule has 1 saturated carbocycles. The fraction of sp³-hybridized carbons (Fsp3) is 0.667.